The topological polar surface area (TPSA) is 129 Å². The van der Waals surface area contributed by atoms with E-state index in [0.717, 1.165) is 30.4 Å². The molecule has 10 heteroatoms. The Labute approximate surface area is 240 Å². The van der Waals surface area contributed by atoms with Crippen molar-refractivity contribution in [1.29, 1.82) is 0 Å². The molecule has 10 nitrogen and oxygen atoms in total. The first-order valence-corrected chi connectivity index (χ1v) is 14.3. The van der Waals surface area contributed by atoms with E-state index in [0.29, 0.717) is 30.8 Å². The highest BCUT2D eigenvalue weighted by Gasteiger charge is 2.39. The normalized spacial score (nSPS) is 22.9. The minimum atomic E-state index is -1.07. The lowest BCUT2D eigenvalue weighted by atomic mass is 9.91. The molecule has 0 spiro atoms. The number of aliphatic hydroxyl groups excluding tert-OH is 1. The number of carbonyl (C=O) groups is 3. The van der Waals surface area contributed by atoms with Crippen LogP contribution in [0.5, 0.6) is 5.75 Å². The smallest absolute Gasteiger partial charge is 0.410 e. The summed E-state index contributed by atoms with van der Waals surface area (Å²) in [5, 5.41) is 23.8. The van der Waals surface area contributed by atoms with Crippen molar-refractivity contribution in [1.82, 2.24) is 15.1 Å². The molecule has 2 bridgehead atoms. The zero-order valence-corrected chi connectivity index (χ0v) is 23.8. The van der Waals surface area contributed by atoms with Crippen LogP contribution in [-0.4, -0.2) is 87.5 Å². The van der Waals surface area contributed by atoms with E-state index in [1.54, 1.807) is 63.2 Å². The summed E-state index contributed by atoms with van der Waals surface area (Å²) < 4.78 is 11.2. The summed E-state index contributed by atoms with van der Waals surface area (Å²) >= 11 is 0. The Balaban J connectivity index is 1.23. The molecule has 3 N–H and O–H groups in total. The number of nitrogens with one attached hydrogen (secondary N) is 1. The van der Waals surface area contributed by atoms with Crippen LogP contribution in [0.1, 0.15) is 71.9 Å². The number of aliphatic hydroxyl groups is 1. The Morgan fingerprint density at radius 1 is 1.02 bits per heavy atom. The van der Waals surface area contributed by atoms with Crippen molar-refractivity contribution < 1.29 is 34.1 Å². The van der Waals surface area contributed by atoms with Crippen LogP contribution in [0.25, 0.3) is 0 Å². The van der Waals surface area contributed by atoms with Crippen LogP contribution in [0.2, 0.25) is 0 Å². The van der Waals surface area contributed by atoms with Gasteiger partial charge in [-0.2, -0.15) is 0 Å². The van der Waals surface area contributed by atoms with Gasteiger partial charge in [-0.05, 0) is 94.0 Å². The maximum atomic E-state index is 13.2. The highest BCUT2D eigenvalue weighted by atomic mass is 16.6. The Hall–Kier alpha value is -3.63. The first-order chi connectivity index (χ1) is 19.5. The van der Waals surface area contributed by atoms with Gasteiger partial charge in [0.15, 0.2) is 0 Å². The van der Waals surface area contributed by atoms with Crippen LogP contribution in [0.4, 0.5) is 4.79 Å². The number of hydrogen-bond donors (Lipinski definition) is 3. The van der Waals surface area contributed by atoms with Crippen molar-refractivity contribution in [3.05, 3.63) is 64.7 Å². The number of morpholine rings is 1. The number of piperidine rings is 1. The molecule has 2 aromatic rings. The van der Waals surface area contributed by atoms with E-state index < -0.39 is 29.7 Å². The van der Waals surface area contributed by atoms with Crippen LogP contribution in [0.3, 0.4) is 0 Å². The van der Waals surface area contributed by atoms with E-state index in [4.69, 9.17) is 9.47 Å². The van der Waals surface area contributed by atoms with Crippen molar-refractivity contribution >= 4 is 17.9 Å². The van der Waals surface area contributed by atoms with Crippen LogP contribution in [0, 0.1) is 0 Å². The van der Waals surface area contributed by atoms with E-state index in [-0.39, 0.29) is 36.8 Å². The molecule has 220 valence electrons. The minimum absolute atomic E-state index is 0.0430. The Morgan fingerprint density at radius 2 is 1.68 bits per heavy atom. The van der Waals surface area contributed by atoms with Crippen LogP contribution < -0.4 is 5.32 Å². The highest BCUT2D eigenvalue weighted by molar-refractivity contribution is 5.98. The van der Waals surface area contributed by atoms with Crippen LogP contribution in [0.15, 0.2) is 42.5 Å². The molecule has 4 atom stereocenters. The highest BCUT2D eigenvalue weighted by Crippen LogP contribution is 2.30. The lowest BCUT2D eigenvalue weighted by Gasteiger charge is -2.45. The minimum Gasteiger partial charge on any atom is -0.508 e. The zero-order chi connectivity index (χ0) is 29.3. The van der Waals surface area contributed by atoms with Crippen molar-refractivity contribution in [2.24, 2.45) is 0 Å². The molecule has 3 aliphatic rings. The van der Waals surface area contributed by atoms with Gasteiger partial charge in [0.05, 0.1) is 37.4 Å². The Bertz CT molecular complexity index is 1270. The monoisotopic (exact) mass is 565 g/mol. The van der Waals surface area contributed by atoms with Crippen LogP contribution in [-0.2, 0) is 22.4 Å². The van der Waals surface area contributed by atoms with E-state index in [2.05, 4.69) is 5.32 Å². The maximum Gasteiger partial charge on any atom is 0.410 e. The molecule has 0 radical (unpaired) electrons. The number of nitrogens with zero attached hydrogens (tertiary/aromatic N) is 2. The van der Waals surface area contributed by atoms with E-state index in [9.17, 15) is 24.6 Å². The third-order valence-electron chi connectivity index (χ3n) is 8.01. The van der Waals surface area contributed by atoms with Gasteiger partial charge < -0.3 is 29.9 Å². The molecule has 0 aliphatic carbocycles. The molecule has 3 heterocycles. The van der Waals surface area contributed by atoms with E-state index in [1.807, 2.05) is 4.90 Å². The van der Waals surface area contributed by atoms with Gasteiger partial charge in [-0.3, -0.25) is 14.5 Å². The lowest BCUT2D eigenvalue weighted by Crippen LogP contribution is -2.57. The average molecular weight is 566 g/mol. The summed E-state index contributed by atoms with van der Waals surface area (Å²) in [7, 11) is 0. The average Bonchev–Trinajstić information content (AvgIpc) is 2.93. The van der Waals surface area contributed by atoms with Crippen molar-refractivity contribution in [2.75, 3.05) is 19.8 Å². The fourth-order valence-electron chi connectivity index (χ4n) is 5.97. The van der Waals surface area contributed by atoms with Crippen molar-refractivity contribution in [3.8, 4) is 5.75 Å². The summed E-state index contributed by atoms with van der Waals surface area (Å²) in [6.07, 6.45) is 1.66. The van der Waals surface area contributed by atoms with Gasteiger partial charge in [0.1, 0.15) is 11.4 Å². The number of rotatable bonds is 5. The third-order valence-corrected chi connectivity index (χ3v) is 8.01. The second-order valence-electron chi connectivity index (χ2n) is 12.2. The quantitative estimate of drug-likeness (QED) is 0.508. The number of phenols is 1. The largest absolute Gasteiger partial charge is 0.508 e. The number of amides is 3. The number of carbonyl (C=O) groups excluding carboxylic acids is 3. The number of aromatic hydroxyl groups is 1. The van der Waals surface area contributed by atoms with E-state index >= 15 is 0 Å². The van der Waals surface area contributed by atoms with Crippen LogP contribution >= 0.6 is 0 Å². The lowest BCUT2D eigenvalue weighted by molar-refractivity contribution is -0.0565. The first kappa shape index (κ1) is 28.9. The number of phenolic OH excluding ortho intramolecular Hbond substituents is 1. The molecule has 3 amide bonds. The number of benzene rings is 2. The third kappa shape index (κ3) is 6.49. The molecule has 2 saturated heterocycles. The Morgan fingerprint density at radius 3 is 2.34 bits per heavy atom. The van der Waals surface area contributed by atoms with Gasteiger partial charge in [-0.15, -0.1) is 0 Å². The second kappa shape index (κ2) is 11.7. The molecule has 0 aromatic heterocycles. The standard InChI is InChI=1S/C31H39N3O7/c1-31(2,3)41-30(39)33-16-22-13-25(35)12-11-21(22)14-26(33)27(36)15-32-28(37)19-7-9-20(10-8-19)29(38)34-23-5-4-6-24(34)18-40-17-23/h7-13,23-24,26-27,35-36H,4-6,14-18H2,1-3H3,(H,32,37)/t23-,24+,26-,27+/m0/s1. The van der Waals surface area contributed by atoms with Crippen molar-refractivity contribution in [3.63, 3.8) is 0 Å². The van der Waals surface area contributed by atoms with Gasteiger partial charge in [-0.1, -0.05) is 6.07 Å². The van der Waals surface area contributed by atoms with Gasteiger partial charge in [0, 0.05) is 24.2 Å². The van der Waals surface area contributed by atoms with E-state index in [1.165, 1.54) is 4.90 Å². The number of fused-ring (bicyclic) bond motifs is 3. The van der Waals surface area contributed by atoms with Gasteiger partial charge >= 0.3 is 6.09 Å². The fraction of sp³-hybridized carbons (Fsp3) is 0.516. The molecular formula is C31H39N3O7. The Kier molecular flexibility index (Phi) is 8.24. The first-order valence-electron chi connectivity index (χ1n) is 14.3. The number of hydrogen-bond acceptors (Lipinski definition) is 7. The summed E-state index contributed by atoms with van der Waals surface area (Å²) in [6, 6.07) is 11.1. The molecule has 0 saturated carbocycles. The molecule has 2 aromatic carbocycles. The predicted molar refractivity (Wildman–Crippen MR) is 151 cm³/mol. The molecule has 41 heavy (non-hydrogen) atoms. The summed E-state index contributed by atoms with van der Waals surface area (Å²) in [6.45, 7) is 6.50. The summed E-state index contributed by atoms with van der Waals surface area (Å²) in [5.74, 6) is -0.338. The van der Waals surface area contributed by atoms with Crippen molar-refractivity contribution in [2.45, 2.75) is 82.8 Å². The second-order valence-corrected chi connectivity index (χ2v) is 12.2. The van der Waals surface area contributed by atoms with Gasteiger partial charge in [0.25, 0.3) is 11.8 Å². The number of ether oxygens (including phenoxy) is 2. The molecule has 2 fully saturated rings. The van der Waals surface area contributed by atoms with Gasteiger partial charge in [0.2, 0.25) is 0 Å². The summed E-state index contributed by atoms with van der Waals surface area (Å²) in [5.41, 5.74) is 1.85. The molecule has 5 rings (SSSR count). The SMILES string of the molecule is CC(C)(C)OC(=O)N1Cc2cc(O)ccc2C[C@H]1[C@H](O)CNC(=O)c1ccc(C(=O)N2[C@@H]3CCC[C@H]2COC3)cc1. The maximum absolute atomic E-state index is 13.2. The molecule has 0 unspecified atom stereocenters. The summed E-state index contributed by atoms with van der Waals surface area (Å²) in [4.78, 5) is 42.6. The molecular weight excluding hydrogens is 526 g/mol. The molecule has 3 aliphatic heterocycles. The van der Waals surface area contributed by atoms with Gasteiger partial charge in [-0.25, -0.2) is 4.79 Å². The zero-order valence-electron chi connectivity index (χ0n) is 23.8. The fourth-order valence-corrected chi connectivity index (χ4v) is 5.97. The predicted octanol–water partition coefficient (Wildman–Crippen LogP) is 3.24.